The number of benzene rings is 2. The van der Waals surface area contributed by atoms with Crippen molar-refractivity contribution in [2.75, 3.05) is 24.7 Å². The van der Waals surface area contributed by atoms with Crippen LogP contribution in [0.1, 0.15) is 5.56 Å². The van der Waals surface area contributed by atoms with Crippen LogP contribution < -0.4 is 4.90 Å². The molecule has 0 atom stereocenters. The molecule has 6 nitrogen and oxygen atoms in total. The Hall–Kier alpha value is -2.12. The summed E-state index contributed by atoms with van der Waals surface area (Å²) in [4.78, 5) is 12.0. The van der Waals surface area contributed by atoms with Gasteiger partial charge in [0.1, 0.15) is 0 Å². The molecule has 0 aliphatic heterocycles. The fraction of sp³-hybridized carbons (Fsp3) is 0.250. The van der Waals surface area contributed by atoms with Crippen LogP contribution in [0, 0.1) is 10.1 Å². The van der Waals surface area contributed by atoms with Crippen LogP contribution in [-0.4, -0.2) is 33.2 Å². The first kappa shape index (κ1) is 18.2. The maximum absolute atomic E-state index is 12.0. The van der Waals surface area contributed by atoms with Crippen molar-refractivity contribution in [3.05, 3.63) is 63.2 Å². The van der Waals surface area contributed by atoms with E-state index in [9.17, 15) is 18.5 Å². The fourth-order valence-electron chi connectivity index (χ4n) is 2.30. The van der Waals surface area contributed by atoms with E-state index in [0.717, 1.165) is 17.9 Å². The van der Waals surface area contributed by atoms with Gasteiger partial charge in [0.15, 0.2) is 9.84 Å². The second-order valence-electron chi connectivity index (χ2n) is 5.48. The number of non-ortho nitro benzene ring substituents is 1. The second kappa shape index (κ2) is 7.19. The van der Waals surface area contributed by atoms with Gasteiger partial charge in [-0.25, -0.2) is 8.42 Å². The highest BCUT2D eigenvalue weighted by Gasteiger charge is 2.20. The molecule has 0 bridgehead atoms. The summed E-state index contributed by atoms with van der Waals surface area (Å²) in [6.45, 7) is 0.558. The maximum Gasteiger partial charge on any atom is 0.270 e. The van der Waals surface area contributed by atoms with Gasteiger partial charge in [0, 0.05) is 37.0 Å². The van der Waals surface area contributed by atoms with Crippen LogP contribution in [-0.2, 0) is 16.3 Å². The van der Waals surface area contributed by atoms with Crippen LogP contribution in [0.3, 0.4) is 0 Å². The Labute approximate surface area is 145 Å². The van der Waals surface area contributed by atoms with E-state index in [1.807, 2.05) is 12.1 Å². The van der Waals surface area contributed by atoms with Gasteiger partial charge in [-0.3, -0.25) is 10.1 Å². The minimum absolute atomic E-state index is 0.0460. The Morgan fingerprint density at radius 2 is 1.79 bits per heavy atom. The van der Waals surface area contributed by atoms with Crippen LogP contribution in [0.5, 0.6) is 0 Å². The van der Waals surface area contributed by atoms with E-state index in [-0.39, 0.29) is 10.6 Å². The second-order valence-corrected chi connectivity index (χ2v) is 7.90. The molecule has 8 heteroatoms. The molecule has 0 radical (unpaired) electrons. The van der Waals surface area contributed by atoms with Crippen LogP contribution in [0.25, 0.3) is 0 Å². The lowest BCUT2D eigenvalue weighted by Crippen LogP contribution is -2.22. The zero-order valence-electron chi connectivity index (χ0n) is 13.3. The summed E-state index contributed by atoms with van der Waals surface area (Å²) in [5, 5.41) is 11.5. The van der Waals surface area contributed by atoms with Crippen LogP contribution in [0.4, 0.5) is 11.4 Å². The van der Waals surface area contributed by atoms with E-state index in [0.29, 0.717) is 23.7 Å². The lowest BCUT2D eigenvalue weighted by atomic mass is 10.1. The third kappa shape index (κ3) is 4.46. The number of nitro groups is 1. The molecule has 0 heterocycles. The average molecular weight is 369 g/mol. The molecule has 0 saturated carbocycles. The summed E-state index contributed by atoms with van der Waals surface area (Å²) in [7, 11) is -1.83. The van der Waals surface area contributed by atoms with E-state index >= 15 is 0 Å². The van der Waals surface area contributed by atoms with Crippen LogP contribution in [0.2, 0.25) is 5.02 Å². The lowest BCUT2D eigenvalue weighted by Gasteiger charge is -2.21. The normalized spacial score (nSPS) is 11.3. The summed E-state index contributed by atoms with van der Waals surface area (Å²) in [5.41, 5.74) is 1.26. The monoisotopic (exact) mass is 368 g/mol. The summed E-state index contributed by atoms with van der Waals surface area (Å²) in [5.74, 6) is 0. The number of likely N-dealkylation sites (N-methyl/N-ethyl adjacent to an activating group) is 1. The highest BCUT2D eigenvalue weighted by molar-refractivity contribution is 7.90. The molecule has 0 N–H and O–H groups in total. The third-order valence-electron chi connectivity index (χ3n) is 3.61. The predicted molar refractivity (Wildman–Crippen MR) is 94.6 cm³/mol. The number of rotatable bonds is 6. The molecular formula is C16H17ClN2O4S. The molecule has 0 fully saturated rings. The van der Waals surface area contributed by atoms with Crippen molar-refractivity contribution in [1.82, 2.24) is 0 Å². The van der Waals surface area contributed by atoms with Crippen LogP contribution in [0.15, 0.2) is 47.4 Å². The highest BCUT2D eigenvalue weighted by atomic mass is 35.5. The van der Waals surface area contributed by atoms with Gasteiger partial charge in [-0.15, -0.1) is 0 Å². The number of nitro benzene ring substituents is 1. The van der Waals surface area contributed by atoms with Crippen molar-refractivity contribution >= 4 is 32.8 Å². The van der Waals surface area contributed by atoms with Gasteiger partial charge in [-0.1, -0.05) is 23.7 Å². The quantitative estimate of drug-likeness (QED) is 0.577. The minimum Gasteiger partial charge on any atom is -0.373 e. The molecule has 0 aliphatic rings. The van der Waals surface area contributed by atoms with Gasteiger partial charge in [0.2, 0.25) is 0 Å². The smallest absolute Gasteiger partial charge is 0.270 e. The van der Waals surface area contributed by atoms with Crippen molar-refractivity contribution in [2.24, 2.45) is 0 Å². The van der Waals surface area contributed by atoms with Gasteiger partial charge in [-0.05, 0) is 30.2 Å². The Bertz CT molecular complexity index is 851. The Balaban J connectivity index is 2.26. The Kier molecular flexibility index (Phi) is 5.46. The molecule has 0 aliphatic carbocycles. The first-order valence-electron chi connectivity index (χ1n) is 7.12. The van der Waals surface area contributed by atoms with E-state index in [1.165, 1.54) is 12.1 Å². The highest BCUT2D eigenvalue weighted by Crippen LogP contribution is 2.29. The molecule has 128 valence electrons. The molecule has 0 aromatic heterocycles. The first-order chi connectivity index (χ1) is 11.2. The molecule has 24 heavy (non-hydrogen) atoms. The average Bonchev–Trinajstić information content (AvgIpc) is 2.52. The largest absolute Gasteiger partial charge is 0.373 e. The lowest BCUT2D eigenvalue weighted by molar-refractivity contribution is -0.385. The Morgan fingerprint density at radius 3 is 2.33 bits per heavy atom. The number of sulfone groups is 1. The molecule has 0 spiro atoms. The summed E-state index contributed by atoms with van der Waals surface area (Å²) >= 11 is 5.85. The van der Waals surface area contributed by atoms with Gasteiger partial charge in [0.25, 0.3) is 5.69 Å². The Morgan fingerprint density at radius 1 is 1.17 bits per heavy atom. The number of anilines is 1. The zero-order chi connectivity index (χ0) is 17.9. The number of hydrogen-bond acceptors (Lipinski definition) is 5. The topological polar surface area (TPSA) is 80.5 Å². The molecule has 0 amide bonds. The van der Waals surface area contributed by atoms with Crippen molar-refractivity contribution in [3.8, 4) is 0 Å². The molecule has 0 unspecified atom stereocenters. The summed E-state index contributed by atoms with van der Waals surface area (Å²) in [6.07, 6.45) is 1.73. The predicted octanol–water partition coefficient (Wildman–Crippen LogP) is 3.33. The zero-order valence-corrected chi connectivity index (χ0v) is 14.8. The number of nitrogens with zero attached hydrogens (tertiary/aromatic N) is 2. The minimum atomic E-state index is -3.59. The number of hydrogen-bond donors (Lipinski definition) is 0. The third-order valence-corrected chi connectivity index (χ3v) is 4.99. The van der Waals surface area contributed by atoms with Gasteiger partial charge in [0.05, 0.1) is 15.5 Å². The molecule has 2 rings (SSSR count). The molecule has 0 saturated heterocycles. The van der Waals surface area contributed by atoms with Crippen molar-refractivity contribution in [1.29, 1.82) is 0 Å². The van der Waals surface area contributed by atoms with E-state index < -0.39 is 14.8 Å². The summed E-state index contributed by atoms with van der Waals surface area (Å²) < 4.78 is 24.0. The van der Waals surface area contributed by atoms with E-state index in [1.54, 1.807) is 24.1 Å². The number of halogens is 1. The SMILES string of the molecule is CN(CCc1ccc(Cl)cc1)c1ccc([N+](=O)[O-])cc1S(C)(=O)=O. The standard InChI is InChI=1S/C16H17ClN2O4S/c1-18(10-9-12-3-5-13(17)6-4-12)15-8-7-14(19(20)21)11-16(15)24(2,22)23/h3-8,11H,9-10H2,1-2H3. The fourth-order valence-corrected chi connectivity index (χ4v) is 3.36. The molecule has 2 aromatic carbocycles. The van der Waals surface area contributed by atoms with Gasteiger partial charge in [-0.2, -0.15) is 0 Å². The first-order valence-corrected chi connectivity index (χ1v) is 9.39. The van der Waals surface area contributed by atoms with Crippen LogP contribution >= 0.6 is 11.6 Å². The molecular weight excluding hydrogens is 352 g/mol. The van der Waals surface area contributed by atoms with Crippen molar-refractivity contribution < 1.29 is 13.3 Å². The summed E-state index contributed by atoms with van der Waals surface area (Å²) in [6, 6.07) is 11.3. The maximum atomic E-state index is 12.0. The van der Waals surface area contributed by atoms with Crippen molar-refractivity contribution in [3.63, 3.8) is 0 Å². The van der Waals surface area contributed by atoms with Crippen molar-refractivity contribution in [2.45, 2.75) is 11.3 Å². The van der Waals surface area contributed by atoms with E-state index in [4.69, 9.17) is 11.6 Å². The van der Waals surface area contributed by atoms with Gasteiger partial charge >= 0.3 is 0 Å². The van der Waals surface area contributed by atoms with E-state index in [2.05, 4.69) is 0 Å². The van der Waals surface area contributed by atoms with Gasteiger partial charge < -0.3 is 4.90 Å². The molecule has 2 aromatic rings.